The van der Waals surface area contributed by atoms with Crippen molar-refractivity contribution in [1.82, 2.24) is 10.6 Å². The molecule has 0 atom stereocenters. The Hall–Kier alpha value is -1.62. The van der Waals surface area contributed by atoms with E-state index in [0.29, 0.717) is 25.2 Å². The third-order valence-corrected chi connectivity index (χ3v) is 3.93. The number of nitrogens with one attached hydrogen (secondary N) is 2. The van der Waals surface area contributed by atoms with Gasteiger partial charge in [0.2, 0.25) is 5.91 Å². The number of benzene rings is 1. The van der Waals surface area contributed by atoms with Gasteiger partial charge in [-0.1, -0.05) is 0 Å². The molecule has 2 aliphatic carbocycles. The van der Waals surface area contributed by atoms with Crippen LogP contribution in [0.3, 0.4) is 0 Å². The van der Waals surface area contributed by atoms with Crippen LogP contribution < -0.4 is 15.5 Å². The van der Waals surface area contributed by atoms with Crippen LogP contribution in [0.5, 0.6) is 0 Å². The fourth-order valence-corrected chi connectivity index (χ4v) is 2.41. The number of likely N-dealkylation sites (N-methyl/N-ethyl adjacent to an activating group) is 1. The van der Waals surface area contributed by atoms with Gasteiger partial charge in [0, 0.05) is 31.4 Å². The van der Waals surface area contributed by atoms with Crippen molar-refractivity contribution in [3.8, 4) is 0 Å². The predicted molar refractivity (Wildman–Crippen MR) is 80.7 cm³/mol. The molecule has 5 heteroatoms. The number of carbonyl (C=O) groups is 1. The summed E-state index contributed by atoms with van der Waals surface area (Å²) in [7, 11) is 1.88. The Labute approximate surface area is 124 Å². The highest BCUT2D eigenvalue weighted by Crippen LogP contribution is 2.24. The molecular formula is C16H22FN3O. The van der Waals surface area contributed by atoms with Gasteiger partial charge < -0.3 is 15.5 Å². The van der Waals surface area contributed by atoms with Crippen LogP contribution in [0.25, 0.3) is 0 Å². The molecule has 0 bridgehead atoms. The molecule has 2 aliphatic rings. The van der Waals surface area contributed by atoms with E-state index in [1.54, 1.807) is 12.1 Å². The highest BCUT2D eigenvalue weighted by Gasteiger charge is 2.24. The van der Waals surface area contributed by atoms with Crippen molar-refractivity contribution >= 4 is 11.6 Å². The van der Waals surface area contributed by atoms with E-state index in [-0.39, 0.29) is 11.7 Å². The highest BCUT2D eigenvalue weighted by molar-refractivity contribution is 5.82. The molecule has 4 nitrogen and oxygen atoms in total. The van der Waals surface area contributed by atoms with Gasteiger partial charge in [-0.15, -0.1) is 0 Å². The first-order valence-corrected chi connectivity index (χ1v) is 7.64. The van der Waals surface area contributed by atoms with Crippen LogP contribution in [0.2, 0.25) is 0 Å². The van der Waals surface area contributed by atoms with Crippen molar-refractivity contribution in [2.75, 3.05) is 18.5 Å². The average molecular weight is 291 g/mol. The maximum atomic E-state index is 13.5. The number of anilines is 1. The van der Waals surface area contributed by atoms with Crippen LogP contribution in [-0.4, -0.2) is 31.6 Å². The Morgan fingerprint density at radius 3 is 2.67 bits per heavy atom. The third-order valence-electron chi connectivity index (χ3n) is 3.93. The van der Waals surface area contributed by atoms with E-state index < -0.39 is 0 Å². The number of carbonyl (C=O) groups excluding carboxylic acids is 1. The van der Waals surface area contributed by atoms with Gasteiger partial charge in [0.25, 0.3) is 0 Å². The Morgan fingerprint density at radius 1 is 1.29 bits per heavy atom. The maximum Gasteiger partial charge on any atom is 0.239 e. The van der Waals surface area contributed by atoms with Crippen molar-refractivity contribution in [2.45, 2.75) is 44.3 Å². The van der Waals surface area contributed by atoms with Crippen LogP contribution in [0, 0.1) is 5.82 Å². The van der Waals surface area contributed by atoms with E-state index in [0.717, 1.165) is 24.1 Å². The second-order valence-electron chi connectivity index (χ2n) is 6.13. The van der Waals surface area contributed by atoms with Crippen LogP contribution in [0.1, 0.15) is 31.2 Å². The monoisotopic (exact) mass is 291 g/mol. The molecule has 0 heterocycles. The zero-order valence-corrected chi connectivity index (χ0v) is 12.4. The lowest BCUT2D eigenvalue weighted by molar-refractivity contribution is -0.119. The van der Waals surface area contributed by atoms with Crippen LogP contribution in [-0.2, 0) is 11.3 Å². The summed E-state index contributed by atoms with van der Waals surface area (Å²) in [5, 5.41) is 6.37. The quantitative estimate of drug-likeness (QED) is 0.805. The molecule has 2 N–H and O–H groups in total. The molecule has 0 radical (unpaired) electrons. The minimum atomic E-state index is -0.234. The highest BCUT2D eigenvalue weighted by atomic mass is 19.1. The number of hydrogen-bond donors (Lipinski definition) is 2. The fourth-order valence-electron chi connectivity index (χ4n) is 2.41. The molecular weight excluding hydrogens is 269 g/mol. The topological polar surface area (TPSA) is 44.4 Å². The minimum Gasteiger partial charge on any atom is -0.365 e. The zero-order valence-electron chi connectivity index (χ0n) is 12.4. The van der Waals surface area contributed by atoms with E-state index in [1.807, 2.05) is 11.9 Å². The predicted octanol–water partition coefficient (Wildman–Crippen LogP) is 1.79. The average Bonchev–Trinajstić information content (AvgIpc) is 3.31. The number of nitrogens with zero attached hydrogens (tertiary/aromatic N) is 1. The van der Waals surface area contributed by atoms with Gasteiger partial charge in [-0.2, -0.15) is 0 Å². The summed E-state index contributed by atoms with van der Waals surface area (Å²) in [5.41, 5.74) is 1.82. The van der Waals surface area contributed by atoms with E-state index in [4.69, 9.17) is 0 Å². The van der Waals surface area contributed by atoms with Gasteiger partial charge in [0.15, 0.2) is 0 Å². The van der Waals surface area contributed by atoms with Crippen LogP contribution in [0.15, 0.2) is 18.2 Å². The molecule has 114 valence electrons. The van der Waals surface area contributed by atoms with Gasteiger partial charge in [-0.25, -0.2) is 4.39 Å². The Bertz CT molecular complexity index is 526. The largest absolute Gasteiger partial charge is 0.365 e. The molecule has 1 aromatic rings. The summed E-state index contributed by atoms with van der Waals surface area (Å²) >= 11 is 0. The second-order valence-corrected chi connectivity index (χ2v) is 6.13. The number of hydrogen-bond acceptors (Lipinski definition) is 3. The molecule has 0 unspecified atom stereocenters. The summed E-state index contributed by atoms with van der Waals surface area (Å²) in [5.74, 6) is -0.201. The summed E-state index contributed by atoms with van der Waals surface area (Å²) in [6, 6.07) is 5.70. The summed E-state index contributed by atoms with van der Waals surface area (Å²) in [6.07, 6.45) is 4.57. The number of amides is 1. The van der Waals surface area contributed by atoms with Crippen molar-refractivity contribution < 1.29 is 9.18 Å². The van der Waals surface area contributed by atoms with Crippen molar-refractivity contribution in [3.63, 3.8) is 0 Å². The summed E-state index contributed by atoms with van der Waals surface area (Å²) in [6.45, 7) is 0.949. The Morgan fingerprint density at radius 2 is 2.00 bits per heavy atom. The summed E-state index contributed by atoms with van der Waals surface area (Å²) < 4.78 is 13.5. The standard InChI is InChI=1S/C16H22FN3O/c1-20(10-16(21)19-14-5-6-14)15-7-2-12(17)8-11(15)9-18-13-3-4-13/h2,7-8,13-14,18H,3-6,9-10H2,1H3,(H,19,21). The van der Waals surface area contributed by atoms with Crippen molar-refractivity contribution in [1.29, 1.82) is 0 Å². The van der Waals surface area contributed by atoms with Gasteiger partial charge in [-0.05, 0) is 49.4 Å². The number of rotatable bonds is 7. The van der Waals surface area contributed by atoms with Crippen LogP contribution in [0.4, 0.5) is 10.1 Å². The van der Waals surface area contributed by atoms with Crippen LogP contribution >= 0.6 is 0 Å². The van der Waals surface area contributed by atoms with Gasteiger partial charge in [0.05, 0.1) is 6.54 Å². The SMILES string of the molecule is CN(CC(=O)NC1CC1)c1ccc(F)cc1CNC1CC1. The molecule has 0 aromatic heterocycles. The smallest absolute Gasteiger partial charge is 0.239 e. The molecule has 2 fully saturated rings. The van der Waals surface area contributed by atoms with E-state index in [1.165, 1.54) is 18.9 Å². The lowest BCUT2D eigenvalue weighted by Gasteiger charge is -2.22. The van der Waals surface area contributed by atoms with Crippen molar-refractivity contribution in [2.24, 2.45) is 0 Å². The number of halogens is 1. The maximum absolute atomic E-state index is 13.5. The zero-order chi connectivity index (χ0) is 14.8. The molecule has 0 aliphatic heterocycles. The van der Waals surface area contributed by atoms with Crippen molar-refractivity contribution in [3.05, 3.63) is 29.6 Å². The third kappa shape index (κ3) is 4.17. The van der Waals surface area contributed by atoms with E-state index in [2.05, 4.69) is 10.6 Å². The normalized spacial score (nSPS) is 17.6. The minimum absolute atomic E-state index is 0.0328. The van der Waals surface area contributed by atoms with Gasteiger partial charge in [0.1, 0.15) is 5.82 Å². The first-order chi connectivity index (χ1) is 10.1. The second kappa shape index (κ2) is 6.02. The fraction of sp³-hybridized carbons (Fsp3) is 0.562. The first kappa shape index (κ1) is 14.3. The molecule has 0 spiro atoms. The van der Waals surface area contributed by atoms with Gasteiger partial charge in [-0.3, -0.25) is 4.79 Å². The van der Waals surface area contributed by atoms with E-state index in [9.17, 15) is 9.18 Å². The van der Waals surface area contributed by atoms with E-state index >= 15 is 0 Å². The molecule has 3 rings (SSSR count). The first-order valence-electron chi connectivity index (χ1n) is 7.64. The molecule has 0 saturated heterocycles. The molecule has 2 saturated carbocycles. The molecule has 1 amide bonds. The van der Waals surface area contributed by atoms with Gasteiger partial charge >= 0.3 is 0 Å². The summed E-state index contributed by atoms with van der Waals surface area (Å²) in [4.78, 5) is 13.8. The lowest BCUT2D eigenvalue weighted by atomic mass is 10.1. The Balaban J connectivity index is 1.64. The molecule has 21 heavy (non-hydrogen) atoms. The lowest BCUT2D eigenvalue weighted by Crippen LogP contribution is -2.36. The molecule has 1 aromatic carbocycles. The Kier molecular flexibility index (Phi) is 4.10.